The zero-order valence-corrected chi connectivity index (χ0v) is 10.8. The maximum atomic E-state index is 13.7. The lowest BCUT2D eigenvalue weighted by molar-refractivity contribution is -0.384. The van der Waals surface area contributed by atoms with E-state index in [2.05, 4.69) is 5.32 Å². The first kappa shape index (κ1) is 13.0. The fraction of sp³-hybridized carbons (Fsp3) is 0.500. The number of hydrogen-bond donors (Lipinski definition) is 1. The molecule has 2 bridgehead atoms. The van der Waals surface area contributed by atoms with Gasteiger partial charge in [-0.25, -0.2) is 4.39 Å². The van der Waals surface area contributed by atoms with Crippen LogP contribution in [0, 0.1) is 27.8 Å². The van der Waals surface area contributed by atoms with E-state index in [4.69, 9.17) is 0 Å². The van der Waals surface area contributed by atoms with Crippen LogP contribution in [-0.2, 0) is 0 Å². The summed E-state index contributed by atoms with van der Waals surface area (Å²) in [6.07, 6.45) is 4.38. The van der Waals surface area contributed by atoms with Crippen LogP contribution in [0.2, 0.25) is 0 Å². The molecule has 106 valence electrons. The summed E-state index contributed by atoms with van der Waals surface area (Å²) >= 11 is 0. The molecule has 6 heteroatoms. The number of amides is 1. The van der Waals surface area contributed by atoms with Gasteiger partial charge in [0.25, 0.3) is 11.6 Å². The fourth-order valence-electron chi connectivity index (χ4n) is 3.47. The fourth-order valence-corrected chi connectivity index (χ4v) is 3.47. The number of halogens is 1. The van der Waals surface area contributed by atoms with E-state index in [-0.39, 0.29) is 17.3 Å². The number of non-ortho nitro benzene ring substituents is 1. The smallest absolute Gasteiger partial charge is 0.270 e. The molecular weight excluding hydrogens is 263 g/mol. The summed E-state index contributed by atoms with van der Waals surface area (Å²) in [5, 5.41) is 13.5. The third-order valence-electron chi connectivity index (χ3n) is 4.46. The molecule has 2 aliphatic carbocycles. The molecule has 1 N–H and O–H groups in total. The van der Waals surface area contributed by atoms with Gasteiger partial charge in [-0.15, -0.1) is 0 Å². The molecule has 0 saturated heterocycles. The highest BCUT2D eigenvalue weighted by atomic mass is 19.1. The highest BCUT2D eigenvalue weighted by Gasteiger charge is 2.40. The Bertz CT molecular complexity index is 576. The van der Waals surface area contributed by atoms with Gasteiger partial charge in [0.2, 0.25) is 0 Å². The Hall–Kier alpha value is -1.98. The molecular formula is C14H15FN2O3. The maximum absolute atomic E-state index is 13.7. The second kappa shape index (κ2) is 4.85. The Morgan fingerprint density at radius 1 is 1.35 bits per heavy atom. The minimum absolute atomic E-state index is 0.0833. The number of benzene rings is 1. The molecule has 0 spiro atoms. The van der Waals surface area contributed by atoms with Crippen molar-refractivity contribution in [2.45, 2.75) is 31.7 Å². The molecule has 1 aromatic carbocycles. The van der Waals surface area contributed by atoms with Gasteiger partial charge >= 0.3 is 0 Å². The molecule has 3 atom stereocenters. The number of carbonyl (C=O) groups excluding carboxylic acids is 1. The topological polar surface area (TPSA) is 72.2 Å². The average molecular weight is 278 g/mol. The number of carbonyl (C=O) groups is 1. The summed E-state index contributed by atoms with van der Waals surface area (Å²) in [5.74, 6) is -0.133. The van der Waals surface area contributed by atoms with Crippen LogP contribution in [0.3, 0.4) is 0 Å². The van der Waals surface area contributed by atoms with Gasteiger partial charge in [-0.3, -0.25) is 14.9 Å². The van der Waals surface area contributed by atoms with Crippen molar-refractivity contribution in [1.82, 2.24) is 5.32 Å². The van der Waals surface area contributed by atoms with Gasteiger partial charge in [0.1, 0.15) is 5.82 Å². The molecule has 5 nitrogen and oxygen atoms in total. The first-order valence-electron chi connectivity index (χ1n) is 6.79. The number of hydrogen-bond acceptors (Lipinski definition) is 3. The van der Waals surface area contributed by atoms with Gasteiger partial charge in [-0.2, -0.15) is 0 Å². The van der Waals surface area contributed by atoms with Gasteiger partial charge in [0.05, 0.1) is 10.5 Å². The van der Waals surface area contributed by atoms with Crippen molar-refractivity contribution >= 4 is 11.6 Å². The standard InChI is InChI=1S/C14H15FN2O3/c15-12-4-3-10(17(19)20)7-11(12)14(18)16-13-6-8-1-2-9(13)5-8/h3-4,7-9,13H,1-2,5-6H2,(H,16,18). The summed E-state index contributed by atoms with van der Waals surface area (Å²) < 4.78 is 13.7. The van der Waals surface area contributed by atoms with E-state index in [1.807, 2.05) is 0 Å². The number of nitro benzene ring substituents is 1. The molecule has 0 aromatic heterocycles. The average Bonchev–Trinajstić information content (AvgIpc) is 3.01. The zero-order chi connectivity index (χ0) is 14.3. The summed E-state index contributed by atoms with van der Waals surface area (Å²) in [7, 11) is 0. The molecule has 2 fully saturated rings. The first-order valence-corrected chi connectivity index (χ1v) is 6.79. The Morgan fingerprint density at radius 2 is 2.15 bits per heavy atom. The van der Waals surface area contributed by atoms with E-state index in [9.17, 15) is 19.3 Å². The number of nitrogens with zero attached hydrogens (tertiary/aromatic N) is 1. The highest BCUT2D eigenvalue weighted by molar-refractivity contribution is 5.95. The largest absolute Gasteiger partial charge is 0.349 e. The van der Waals surface area contributed by atoms with E-state index >= 15 is 0 Å². The first-order chi connectivity index (χ1) is 9.54. The summed E-state index contributed by atoms with van der Waals surface area (Å²) in [5.41, 5.74) is -0.522. The van der Waals surface area contributed by atoms with Crippen LogP contribution in [0.15, 0.2) is 18.2 Å². The van der Waals surface area contributed by atoms with Gasteiger partial charge in [-0.1, -0.05) is 6.42 Å². The summed E-state index contributed by atoms with van der Waals surface area (Å²) in [6.45, 7) is 0. The van der Waals surface area contributed by atoms with E-state index in [1.54, 1.807) is 0 Å². The van der Waals surface area contributed by atoms with Gasteiger partial charge in [-0.05, 0) is 37.2 Å². The number of rotatable bonds is 3. The summed E-state index contributed by atoms with van der Waals surface area (Å²) in [4.78, 5) is 22.2. The van der Waals surface area contributed by atoms with E-state index in [0.29, 0.717) is 11.8 Å². The lowest BCUT2D eigenvalue weighted by Crippen LogP contribution is -2.38. The Labute approximate surface area is 115 Å². The Morgan fingerprint density at radius 3 is 2.75 bits per heavy atom. The van der Waals surface area contributed by atoms with E-state index < -0.39 is 16.6 Å². The minimum atomic E-state index is -0.726. The van der Waals surface area contributed by atoms with Crippen molar-refractivity contribution < 1.29 is 14.1 Å². The molecule has 0 radical (unpaired) electrons. The molecule has 3 unspecified atom stereocenters. The predicted molar refractivity (Wildman–Crippen MR) is 69.8 cm³/mol. The number of nitro groups is 1. The van der Waals surface area contributed by atoms with Crippen LogP contribution in [0.25, 0.3) is 0 Å². The monoisotopic (exact) mass is 278 g/mol. The zero-order valence-electron chi connectivity index (χ0n) is 10.8. The van der Waals surface area contributed by atoms with Crippen molar-refractivity contribution in [2.75, 3.05) is 0 Å². The van der Waals surface area contributed by atoms with E-state index in [1.165, 1.54) is 6.42 Å². The lowest BCUT2D eigenvalue weighted by atomic mass is 9.95. The molecule has 0 heterocycles. The molecule has 0 aliphatic heterocycles. The Kier molecular flexibility index (Phi) is 3.16. The highest BCUT2D eigenvalue weighted by Crippen LogP contribution is 2.44. The van der Waals surface area contributed by atoms with Crippen LogP contribution in [0.1, 0.15) is 36.0 Å². The van der Waals surface area contributed by atoms with E-state index in [0.717, 1.165) is 37.5 Å². The Balaban J connectivity index is 1.76. The number of nitrogens with one attached hydrogen (secondary N) is 1. The van der Waals surface area contributed by atoms with Crippen molar-refractivity contribution in [3.63, 3.8) is 0 Å². The predicted octanol–water partition coefficient (Wildman–Crippen LogP) is 2.65. The molecule has 20 heavy (non-hydrogen) atoms. The molecule has 3 rings (SSSR count). The SMILES string of the molecule is O=C(NC1CC2CCC1C2)c1cc([N+](=O)[O-])ccc1F. The number of fused-ring (bicyclic) bond motifs is 2. The second-order valence-corrected chi connectivity index (χ2v) is 5.68. The maximum Gasteiger partial charge on any atom is 0.270 e. The molecule has 2 saturated carbocycles. The molecule has 1 aromatic rings. The quantitative estimate of drug-likeness (QED) is 0.682. The van der Waals surface area contributed by atoms with Crippen LogP contribution in [0.5, 0.6) is 0 Å². The van der Waals surface area contributed by atoms with Crippen molar-refractivity contribution in [2.24, 2.45) is 11.8 Å². The normalized spacial score (nSPS) is 27.6. The van der Waals surface area contributed by atoms with Crippen LogP contribution < -0.4 is 5.32 Å². The van der Waals surface area contributed by atoms with Crippen molar-refractivity contribution in [3.05, 3.63) is 39.7 Å². The summed E-state index contributed by atoms with van der Waals surface area (Å²) in [6, 6.07) is 3.11. The second-order valence-electron chi connectivity index (χ2n) is 5.68. The van der Waals surface area contributed by atoms with Crippen LogP contribution in [-0.4, -0.2) is 16.9 Å². The van der Waals surface area contributed by atoms with Gasteiger partial charge in [0.15, 0.2) is 0 Å². The lowest BCUT2D eigenvalue weighted by Gasteiger charge is -2.22. The van der Waals surface area contributed by atoms with Crippen molar-refractivity contribution in [1.29, 1.82) is 0 Å². The van der Waals surface area contributed by atoms with Gasteiger partial charge < -0.3 is 5.32 Å². The van der Waals surface area contributed by atoms with Crippen molar-refractivity contribution in [3.8, 4) is 0 Å². The third kappa shape index (κ3) is 2.26. The van der Waals surface area contributed by atoms with Gasteiger partial charge in [0, 0.05) is 18.2 Å². The van der Waals surface area contributed by atoms with Crippen LogP contribution >= 0.6 is 0 Å². The molecule has 1 amide bonds. The minimum Gasteiger partial charge on any atom is -0.349 e. The molecule has 2 aliphatic rings. The third-order valence-corrected chi connectivity index (χ3v) is 4.46. The van der Waals surface area contributed by atoms with Crippen LogP contribution in [0.4, 0.5) is 10.1 Å².